The van der Waals surface area contributed by atoms with Crippen molar-refractivity contribution in [2.75, 3.05) is 0 Å². The van der Waals surface area contributed by atoms with Gasteiger partial charge in [-0.2, -0.15) is 0 Å². The van der Waals surface area contributed by atoms with Gasteiger partial charge in [-0.25, -0.2) is 0 Å². The molecule has 0 saturated carbocycles. The zero-order valence-corrected chi connectivity index (χ0v) is 33.7. The standard InChI is InChI=1S/C60H36N2/c1-2-13-45(14-3-1)61-56-19-7-6-16-49(56)55-35-43(26-31-57(55)61)44-25-29-50-53-30-23-37-10-4-5-15-47(37)60(53)62(58(50)36-44)46-27-22-40-32-39(20-21-41(40)33-46)42-24-28-48-51-17-8-11-38-12-9-18-52(59(38)51)54(48)34-42/h1-36H. The van der Waals surface area contributed by atoms with E-state index in [4.69, 9.17) is 0 Å². The number of fused-ring (bicyclic) bond motifs is 12. The normalized spacial score (nSPS) is 12.2. The van der Waals surface area contributed by atoms with Crippen molar-refractivity contribution in [3.05, 3.63) is 218 Å². The molecule has 2 heteroatoms. The van der Waals surface area contributed by atoms with E-state index in [1.807, 2.05) is 0 Å². The number of rotatable bonds is 4. The van der Waals surface area contributed by atoms with Gasteiger partial charge in [0.1, 0.15) is 0 Å². The Bertz CT molecular complexity index is 4030. The second-order valence-electron chi connectivity index (χ2n) is 16.9. The van der Waals surface area contributed by atoms with E-state index in [0.717, 1.165) is 5.69 Å². The third-order valence-electron chi connectivity index (χ3n) is 13.6. The lowest BCUT2D eigenvalue weighted by molar-refractivity contribution is 1.18. The second kappa shape index (κ2) is 12.7. The highest BCUT2D eigenvalue weighted by molar-refractivity contribution is 6.20. The maximum Gasteiger partial charge on any atom is 0.0619 e. The Morgan fingerprint density at radius 1 is 0.242 bits per heavy atom. The molecular formula is C60H36N2. The molecule has 2 nitrogen and oxygen atoms in total. The molecule has 0 fully saturated rings. The summed E-state index contributed by atoms with van der Waals surface area (Å²) in [6, 6.07) is 81.1. The van der Waals surface area contributed by atoms with Gasteiger partial charge in [0.15, 0.2) is 0 Å². The molecule has 1 aliphatic rings. The average molecular weight is 785 g/mol. The molecule has 0 spiro atoms. The van der Waals surface area contributed by atoms with Gasteiger partial charge in [0.05, 0.1) is 22.1 Å². The fourth-order valence-electron chi connectivity index (χ4n) is 10.8. The van der Waals surface area contributed by atoms with Crippen LogP contribution in [0.4, 0.5) is 0 Å². The van der Waals surface area contributed by atoms with Crippen LogP contribution in [0, 0.1) is 0 Å². The quantitative estimate of drug-likeness (QED) is 0.168. The third-order valence-corrected chi connectivity index (χ3v) is 13.6. The molecule has 13 aromatic rings. The highest BCUT2D eigenvalue weighted by Crippen LogP contribution is 2.48. The Balaban J connectivity index is 0.923. The Kier molecular flexibility index (Phi) is 6.86. The first kappa shape index (κ1) is 33.6. The SMILES string of the molecule is c1ccc(-n2c3ccccc3c3cc(-c4ccc5c6ccc7ccccc7c6n(-c6ccc7cc(-c8ccc9c(c8)-c8cccc%10cccc-9c8%10)ccc7c6)c5c4)ccc32)cc1. The van der Waals surface area contributed by atoms with E-state index in [9.17, 15) is 0 Å². The summed E-state index contributed by atoms with van der Waals surface area (Å²) in [6.07, 6.45) is 0. The molecule has 0 unspecified atom stereocenters. The van der Waals surface area contributed by atoms with Gasteiger partial charge in [-0.1, -0.05) is 158 Å². The van der Waals surface area contributed by atoms with Gasteiger partial charge in [0, 0.05) is 38.3 Å². The van der Waals surface area contributed by atoms with E-state index in [2.05, 4.69) is 228 Å². The molecule has 286 valence electrons. The molecule has 62 heavy (non-hydrogen) atoms. The topological polar surface area (TPSA) is 9.86 Å². The third kappa shape index (κ3) is 4.75. The van der Waals surface area contributed by atoms with Crippen LogP contribution in [0.25, 0.3) is 132 Å². The Labute approximate surface area is 357 Å². The molecule has 0 saturated heterocycles. The van der Waals surface area contributed by atoms with Gasteiger partial charge in [-0.05, 0) is 132 Å². The minimum atomic E-state index is 1.16. The van der Waals surface area contributed by atoms with E-state index in [1.165, 1.54) is 126 Å². The molecule has 2 heterocycles. The van der Waals surface area contributed by atoms with Crippen LogP contribution < -0.4 is 0 Å². The lowest BCUT2D eigenvalue weighted by atomic mass is 9.96. The summed E-state index contributed by atoms with van der Waals surface area (Å²) < 4.78 is 4.89. The molecule has 0 radical (unpaired) electrons. The van der Waals surface area contributed by atoms with Crippen LogP contribution in [0.2, 0.25) is 0 Å². The molecule has 0 aliphatic heterocycles. The summed E-state index contributed by atoms with van der Waals surface area (Å²) in [5.74, 6) is 0. The first-order chi connectivity index (χ1) is 30.7. The Hall–Kier alpha value is -8.20. The fraction of sp³-hybridized carbons (Fsp3) is 0. The van der Waals surface area contributed by atoms with Crippen molar-refractivity contribution in [1.82, 2.24) is 9.13 Å². The van der Waals surface area contributed by atoms with Crippen LogP contribution in [0.15, 0.2) is 218 Å². The largest absolute Gasteiger partial charge is 0.309 e. The van der Waals surface area contributed by atoms with E-state index in [-0.39, 0.29) is 0 Å². The maximum absolute atomic E-state index is 2.50. The van der Waals surface area contributed by atoms with E-state index in [0.29, 0.717) is 0 Å². The van der Waals surface area contributed by atoms with Crippen LogP contribution in [0.5, 0.6) is 0 Å². The summed E-state index contributed by atoms with van der Waals surface area (Å²) in [4.78, 5) is 0. The highest BCUT2D eigenvalue weighted by Gasteiger charge is 2.22. The maximum atomic E-state index is 2.50. The molecule has 0 amide bonds. The van der Waals surface area contributed by atoms with Crippen molar-refractivity contribution < 1.29 is 0 Å². The lowest BCUT2D eigenvalue weighted by Gasteiger charge is -2.13. The van der Waals surface area contributed by atoms with Crippen molar-refractivity contribution in [2.45, 2.75) is 0 Å². The number of nitrogens with zero attached hydrogens (tertiary/aromatic N) is 2. The van der Waals surface area contributed by atoms with Gasteiger partial charge < -0.3 is 9.13 Å². The second-order valence-corrected chi connectivity index (χ2v) is 16.9. The van der Waals surface area contributed by atoms with Gasteiger partial charge in [-0.3, -0.25) is 0 Å². The number of hydrogen-bond acceptors (Lipinski definition) is 0. The number of benzene rings is 11. The molecule has 0 atom stereocenters. The van der Waals surface area contributed by atoms with Crippen LogP contribution in [0.3, 0.4) is 0 Å². The van der Waals surface area contributed by atoms with Gasteiger partial charge in [0.25, 0.3) is 0 Å². The molecule has 0 bridgehead atoms. The Morgan fingerprint density at radius 3 is 1.76 bits per heavy atom. The zero-order valence-electron chi connectivity index (χ0n) is 33.7. The fourth-order valence-corrected chi connectivity index (χ4v) is 10.8. The van der Waals surface area contributed by atoms with Crippen molar-refractivity contribution in [1.29, 1.82) is 0 Å². The molecule has 11 aromatic carbocycles. The summed E-state index contributed by atoms with van der Waals surface area (Å²) in [6.45, 7) is 0. The smallest absolute Gasteiger partial charge is 0.0619 e. The molecule has 1 aliphatic carbocycles. The number of hydrogen-bond donors (Lipinski definition) is 0. The van der Waals surface area contributed by atoms with Gasteiger partial charge in [0.2, 0.25) is 0 Å². The van der Waals surface area contributed by atoms with Crippen molar-refractivity contribution >= 4 is 75.9 Å². The first-order valence-corrected chi connectivity index (χ1v) is 21.5. The minimum Gasteiger partial charge on any atom is -0.309 e. The van der Waals surface area contributed by atoms with Crippen molar-refractivity contribution in [3.8, 4) is 55.9 Å². The van der Waals surface area contributed by atoms with Crippen molar-refractivity contribution in [3.63, 3.8) is 0 Å². The zero-order chi connectivity index (χ0) is 40.5. The van der Waals surface area contributed by atoms with E-state index in [1.54, 1.807) is 0 Å². The predicted octanol–water partition coefficient (Wildman–Crippen LogP) is 16.3. The number of para-hydroxylation sites is 2. The Morgan fingerprint density at radius 2 is 0.855 bits per heavy atom. The summed E-state index contributed by atoms with van der Waals surface area (Å²) in [7, 11) is 0. The highest BCUT2D eigenvalue weighted by atomic mass is 15.0. The van der Waals surface area contributed by atoms with E-state index < -0.39 is 0 Å². The van der Waals surface area contributed by atoms with Crippen LogP contribution in [0.1, 0.15) is 0 Å². The van der Waals surface area contributed by atoms with Crippen LogP contribution in [-0.4, -0.2) is 9.13 Å². The average Bonchev–Trinajstić information content (AvgIpc) is 3.97. The summed E-state index contributed by atoms with van der Waals surface area (Å²) in [5.41, 5.74) is 17.4. The van der Waals surface area contributed by atoms with Crippen LogP contribution >= 0.6 is 0 Å². The minimum absolute atomic E-state index is 1.16. The predicted molar refractivity (Wildman–Crippen MR) is 263 cm³/mol. The van der Waals surface area contributed by atoms with Crippen LogP contribution in [-0.2, 0) is 0 Å². The lowest BCUT2D eigenvalue weighted by Crippen LogP contribution is -1.95. The summed E-state index contributed by atoms with van der Waals surface area (Å²) >= 11 is 0. The van der Waals surface area contributed by atoms with Gasteiger partial charge >= 0.3 is 0 Å². The van der Waals surface area contributed by atoms with E-state index >= 15 is 0 Å². The summed E-state index contributed by atoms with van der Waals surface area (Å²) in [5, 5.41) is 12.6. The number of aromatic nitrogens is 2. The molecular weight excluding hydrogens is 749 g/mol. The monoisotopic (exact) mass is 784 g/mol. The van der Waals surface area contributed by atoms with Crippen molar-refractivity contribution in [2.24, 2.45) is 0 Å². The molecule has 2 aromatic heterocycles. The molecule has 14 rings (SSSR count). The molecule has 0 N–H and O–H groups in total. The van der Waals surface area contributed by atoms with Gasteiger partial charge in [-0.15, -0.1) is 0 Å². The first-order valence-electron chi connectivity index (χ1n) is 21.5.